The van der Waals surface area contributed by atoms with Crippen LogP contribution in [0.4, 0.5) is 15.8 Å². The number of aromatic nitrogens is 1. The average molecular weight is 325 g/mol. The number of carbonyl (C=O) groups excluding carboxylic acids is 2. The molecule has 0 spiro atoms. The first-order chi connectivity index (χ1) is 11.4. The molecule has 0 unspecified atom stereocenters. The standard InChI is InChI=1S/C18H16FN3O2/c1-10-15-9-12(19)3-8-16(15)22-17(10)18(24)21-14-6-4-13(5-7-14)20-11(2)23/h3-9,22H,1-2H3,(H,20,23)(H,21,24). The van der Waals surface area contributed by atoms with E-state index in [0.717, 1.165) is 0 Å². The molecule has 0 bridgehead atoms. The summed E-state index contributed by atoms with van der Waals surface area (Å²) in [7, 11) is 0. The van der Waals surface area contributed by atoms with E-state index in [1.54, 1.807) is 37.3 Å². The Labute approximate surface area is 137 Å². The third kappa shape index (κ3) is 3.12. The molecule has 0 aliphatic heterocycles. The van der Waals surface area contributed by atoms with E-state index in [9.17, 15) is 14.0 Å². The van der Waals surface area contributed by atoms with Crippen molar-refractivity contribution in [3.8, 4) is 0 Å². The zero-order chi connectivity index (χ0) is 17.3. The maximum absolute atomic E-state index is 13.4. The molecule has 0 aliphatic carbocycles. The molecule has 2 aromatic carbocycles. The van der Waals surface area contributed by atoms with E-state index >= 15 is 0 Å². The summed E-state index contributed by atoms with van der Waals surface area (Å²) in [4.78, 5) is 26.5. The predicted octanol–water partition coefficient (Wildman–Crippen LogP) is 3.83. The number of H-pyrrole nitrogens is 1. The number of carbonyl (C=O) groups is 2. The number of hydrogen-bond acceptors (Lipinski definition) is 2. The quantitative estimate of drug-likeness (QED) is 0.685. The molecule has 0 aliphatic rings. The molecule has 3 N–H and O–H groups in total. The zero-order valence-corrected chi connectivity index (χ0v) is 13.2. The third-order valence-corrected chi connectivity index (χ3v) is 3.71. The molecule has 0 saturated heterocycles. The van der Waals surface area contributed by atoms with Gasteiger partial charge in [0.05, 0.1) is 0 Å². The maximum Gasteiger partial charge on any atom is 0.272 e. The van der Waals surface area contributed by atoms with E-state index in [4.69, 9.17) is 0 Å². The first kappa shape index (κ1) is 15.7. The fourth-order valence-electron chi connectivity index (χ4n) is 2.56. The number of benzene rings is 2. The van der Waals surface area contributed by atoms with Crippen LogP contribution in [0, 0.1) is 12.7 Å². The first-order valence-corrected chi connectivity index (χ1v) is 7.41. The molecular formula is C18H16FN3O2. The summed E-state index contributed by atoms with van der Waals surface area (Å²) in [5.41, 5.74) is 3.04. The number of amides is 2. The lowest BCUT2D eigenvalue weighted by atomic mass is 10.1. The Morgan fingerprint density at radius 2 is 1.62 bits per heavy atom. The number of rotatable bonds is 3. The molecule has 1 heterocycles. The zero-order valence-electron chi connectivity index (χ0n) is 13.2. The van der Waals surface area contributed by atoms with Crippen LogP contribution in [0.2, 0.25) is 0 Å². The molecule has 6 heteroatoms. The highest BCUT2D eigenvalue weighted by Gasteiger charge is 2.15. The van der Waals surface area contributed by atoms with Crippen molar-refractivity contribution in [3.05, 3.63) is 59.5 Å². The molecule has 2 amide bonds. The lowest BCUT2D eigenvalue weighted by Gasteiger charge is -2.06. The van der Waals surface area contributed by atoms with Gasteiger partial charge in [0.25, 0.3) is 5.91 Å². The molecule has 24 heavy (non-hydrogen) atoms. The monoisotopic (exact) mass is 325 g/mol. The lowest BCUT2D eigenvalue weighted by Crippen LogP contribution is -2.13. The van der Waals surface area contributed by atoms with Crippen molar-refractivity contribution in [2.45, 2.75) is 13.8 Å². The second-order valence-electron chi connectivity index (χ2n) is 5.53. The predicted molar refractivity (Wildman–Crippen MR) is 91.7 cm³/mol. The number of halogens is 1. The number of anilines is 2. The van der Waals surface area contributed by atoms with Crippen molar-refractivity contribution < 1.29 is 14.0 Å². The number of aryl methyl sites for hydroxylation is 1. The van der Waals surface area contributed by atoms with Crippen molar-refractivity contribution >= 4 is 34.1 Å². The number of aromatic amines is 1. The van der Waals surface area contributed by atoms with E-state index in [0.29, 0.717) is 33.5 Å². The van der Waals surface area contributed by atoms with Crippen molar-refractivity contribution in [1.82, 2.24) is 4.98 Å². The van der Waals surface area contributed by atoms with E-state index in [2.05, 4.69) is 15.6 Å². The SMILES string of the molecule is CC(=O)Nc1ccc(NC(=O)c2[nH]c3ccc(F)cc3c2C)cc1. The molecule has 5 nitrogen and oxygen atoms in total. The van der Waals surface area contributed by atoms with Gasteiger partial charge in [-0.15, -0.1) is 0 Å². The van der Waals surface area contributed by atoms with Crippen molar-refractivity contribution in [1.29, 1.82) is 0 Å². The van der Waals surface area contributed by atoms with Crippen LogP contribution in [0.3, 0.4) is 0 Å². The molecule has 1 aromatic heterocycles. The molecule has 0 atom stereocenters. The van der Waals surface area contributed by atoms with E-state index in [1.807, 2.05) is 0 Å². The minimum Gasteiger partial charge on any atom is -0.350 e. The van der Waals surface area contributed by atoms with Gasteiger partial charge < -0.3 is 15.6 Å². The molecule has 0 fully saturated rings. The number of fused-ring (bicyclic) bond motifs is 1. The van der Waals surface area contributed by atoms with Crippen LogP contribution in [0.15, 0.2) is 42.5 Å². The van der Waals surface area contributed by atoms with Gasteiger partial charge in [0.1, 0.15) is 11.5 Å². The van der Waals surface area contributed by atoms with Crippen LogP contribution in [0.1, 0.15) is 23.0 Å². The number of hydrogen-bond donors (Lipinski definition) is 3. The summed E-state index contributed by atoms with van der Waals surface area (Å²) in [6, 6.07) is 11.1. The summed E-state index contributed by atoms with van der Waals surface area (Å²) in [5.74, 6) is -0.811. The van der Waals surface area contributed by atoms with Crippen LogP contribution in [0.25, 0.3) is 10.9 Å². The van der Waals surface area contributed by atoms with Gasteiger partial charge in [-0.1, -0.05) is 0 Å². The highest BCUT2D eigenvalue weighted by atomic mass is 19.1. The molecule has 3 rings (SSSR count). The van der Waals surface area contributed by atoms with Crippen molar-refractivity contribution in [2.75, 3.05) is 10.6 Å². The first-order valence-electron chi connectivity index (χ1n) is 7.41. The van der Waals surface area contributed by atoms with Gasteiger partial charge in [0.15, 0.2) is 0 Å². The van der Waals surface area contributed by atoms with Crippen LogP contribution in [-0.2, 0) is 4.79 Å². The Balaban J connectivity index is 1.82. The van der Waals surface area contributed by atoms with Gasteiger partial charge >= 0.3 is 0 Å². The second kappa shape index (κ2) is 6.16. The second-order valence-corrected chi connectivity index (χ2v) is 5.53. The smallest absolute Gasteiger partial charge is 0.272 e. The topological polar surface area (TPSA) is 74.0 Å². The van der Waals surface area contributed by atoms with Crippen molar-refractivity contribution in [3.63, 3.8) is 0 Å². The molecule has 3 aromatic rings. The summed E-state index contributed by atoms with van der Waals surface area (Å²) >= 11 is 0. The molecule has 0 saturated carbocycles. The highest BCUT2D eigenvalue weighted by molar-refractivity contribution is 6.07. The molecular weight excluding hydrogens is 309 g/mol. The Morgan fingerprint density at radius 3 is 2.25 bits per heavy atom. The van der Waals surface area contributed by atoms with Gasteiger partial charge in [-0.3, -0.25) is 9.59 Å². The highest BCUT2D eigenvalue weighted by Crippen LogP contribution is 2.23. The molecule has 122 valence electrons. The van der Waals surface area contributed by atoms with E-state index in [1.165, 1.54) is 19.1 Å². The Bertz CT molecular complexity index is 929. The van der Waals surface area contributed by atoms with Crippen LogP contribution >= 0.6 is 0 Å². The third-order valence-electron chi connectivity index (χ3n) is 3.71. The van der Waals surface area contributed by atoms with Gasteiger partial charge in [-0.2, -0.15) is 0 Å². The van der Waals surface area contributed by atoms with Gasteiger partial charge in [-0.05, 0) is 55.0 Å². The lowest BCUT2D eigenvalue weighted by molar-refractivity contribution is -0.114. The van der Waals surface area contributed by atoms with Crippen LogP contribution in [-0.4, -0.2) is 16.8 Å². The van der Waals surface area contributed by atoms with Crippen LogP contribution < -0.4 is 10.6 Å². The fraction of sp³-hybridized carbons (Fsp3) is 0.111. The van der Waals surface area contributed by atoms with Gasteiger partial charge in [-0.25, -0.2) is 4.39 Å². The average Bonchev–Trinajstić information content (AvgIpc) is 2.86. The van der Waals surface area contributed by atoms with E-state index in [-0.39, 0.29) is 17.6 Å². The minimum atomic E-state index is -0.342. The fourth-order valence-corrected chi connectivity index (χ4v) is 2.56. The summed E-state index contributed by atoms with van der Waals surface area (Å²) in [5, 5.41) is 6.12. The summed E-state index contributed by atoms with van der Waals surface area (Å²) < 4.78 is 13.4. The van der Waals surface area contributed by atoms with Crippen molar-refractivity contribution in [2.24, 2.45) is 0 Å². The van der Waals surface area contributed by atoms with Crippen LogP contribution in [0.5, 0.6) is 0 Å². The molecule has 0 radical (unpaired) electrons. The largest absolute Gasteiger partial charge is 0.350 e. The Hall–Kier alpha value is -3.15. The minimum absolute atomic E-state index is 0.160. The summed E-state index contributed by atoms with van der Waals surface area (Å²) in [6.45, 7) is 3.20. The van der Waals surface area contributed by atoms with E-state index < -0.39 is 0 Å². The number of nitrogens with one attached hydrogen (secondary N) is 3. The van der Waals surface area contributed by atoms with Gasteiger partial charge in [0.2, 0.25) is 5.91 Å². The Morgan fingerprint density at radius 1 is 1.00 bits per heavy atom. The Kier molecular flexibility index (Phi) is 4.04. The maximum atomic E-state index is 13.4. The van der Waals surface area contributed by atoms with Gasteiger partial charge in [0, 0.05) is 29.2 Å². The normalized spacial score (nSPS) is 10.6. The summed E-state index contributed by atoms with van der Waals surface area (Å²) in [6.07, 6.45) is 0.